The molecule has 0 saturated carbocycles. The average molecular weight is 330 g/mol. The molecule has 0 radical (unpaired) electrons. The summed E-state index contributed by atoms with van der Waals surface area (Å²) in [5.74, 6) is 0.307. The number of aromatic nitrogens is 1. The normalized spacial score (nSPS) is 17.6. The van der Waals surface area contributed by atoms with E-state index >= 15 is 0 Å². The number of ether oxygens (including phenoxy) is 1. The molecule has 1 aromatic heterocycles. The van der Waals surface area contributed by atoms with Gasteiger partial charge >= 0.3 is 0 Å². The number of piperidine rings is 1. The van der Waals surface area contributed by atoms with E-state index in [2.05, 4.69) is 22.0 Å². The third kappa shape index (κ3) is 3.74. The third-order valence-electron chi connectivity index (χ3n) is 4.58. The molecule has 1 aliphatic rings. The van der Waals surface area contributed by atoms with Crippen molar-refractivity contribution in [2.75, 3.05) is 19.7 Å². The second-order valence-corrected chi connectivity index (χ2v) is 6.23. The molecule has 0 spiro atoms. The Bertz CT molecular complexity index is 667. The van der Waals surface area contributed by atoms with Crippen LogP contribution in [0.2, 0.25) is 0 Å². The molecule has 2 heterocycles. The van der Waals surface area contributed by atoms with Gasteiger partial charge in [-0.15, -0.1) is 0 Å². The van der Waals surface area contributed by atoms with Gasteiger partial charge in [0.25, 0.3) is 0 Å². The highest BCUT2D eigenvalue weighted by molar-refractivity contribution is 5.27. The number of hydrogen-bond acceptors (Lipinski definition) is 4. The lowest BCUT2D eigenvalue weighted by Crippen LogP contribution is -2.42. The first kappa shape index (κ1) is 16.9. The molecule has 5 heteroatoms. The second kappa shape index (κ2) is 7.28. The van der Waals surface area contributed by atoms with Crippen LogP contribution >= 0.6 is 0 Å². The lowest BCUT2D eigenvalue weighted by molar-refractivity contribution is -0.0308. The molecule has 1 fully saturated rings. The maximum Gasteiger partial charge on any atom is 0.218 e. The van der Waals surface area contributed by atoms with E-state index in [1.807, 2.05) is 19.1 Å². The Balaban J connectivity index is 1.60. The molecule has 0 bridgehead atoms. The molecule has 4 nitrogen and oxygen atoms in total. The predicted molar refractivity (Wildman–Crippen MR) is 90.2 cm³/mol. The number of pyridine rings is 1. The minimum absolute atomic E-state index is 0.311. The molecule has 1 N–H and O–H groups in total. The first-order valence-corrected chi connectivity index (χ1v) is 8.38. The second-order valence-electron chi connectivity index (χ2n) is 6.23. The fourth-order valence-electron chi connectivity index (χ4n) is 3.20. The highest BCUT2D eigenvalue weighted by Crippen LogP contribution is 2.34. The maximum absolute atomic E-state index is 13.9. The highest BCUT2D eigenvalue weighted by Gasteiger charge is 2.36. The molecule has 1 saturated heterocycles. The highest BCUT2D eigenvalue weighted by atomic mass is 19.1. The zero-order chi connectivity index (χ0) is 17.0. The topological polar surface area (TPSA) is 45.6 Å². The Kier molecular flexibility index (Phi) is 5.11. The summed E-state index contributed by atoms with van der Waals surface area (Å²) in [6.45, 7) is 4.89. The van der Waals surface area contributed by atoms with Crippen molar-refractivity contribution in [2.24, 2.45) is 0 Å². The van der Waals surface area contributed by atoms with Crippen LogP contribution < -0.4 is 4.74 Å². The molecule has 0 atom stereocenters. The Morgan fingerprint density at radius 3 is 2.54 bits per heavy atom. The molecule has 24 heavy (non-hydrogen) atoms. The van der Waals surface area contributed by atoms with Gasteiger partial charge in [0, 0.05) is 31.4 Å². The van der Waals surface area contributed by atoms with Crippen LogP contribution in [0.5, 0.6) is 5.75 Å². The van der Waals surface area contributed by atoms with Gasteiger partial charge < -0.3 is 9.84 Å². The summed E-state index contributed by atoms with van der Waals surface area (Å²) >= 11 is 0. The predicted octanol–water partition coefficient (Wildman–Crippen LogP) is 3.10. The summed E-state index contributed by atoms with van der Waals surface area (Å²) in [4.78, 5) is 5.93. The zero-order valence-corrected chi connectivity index (χ0v) is 13.9. The minimum Gasteiger partial charge on any atom is -0.494 e. The van der Waals surface area contributed by atoms with Crippen molar-refractivity contribution in [3.05, 3.63) is 59.7 Å². The number of benzene rings is 1. The van der Waals surface area contributed by atoms with Gasteiger partial charge in [0.05, 0.1) is 12.2 Å². The van der Waals surface area contributed by atoms with Gasteiger partial charge in [0.2, 0.25) is 5.95 Å². The maximum atomic E-state index is 13.9. The lowest BCUT2D eigenvalue weighted by Gasteiger charge is -2.38. The molecule has 0 unspecified atom stereocenters. The first-order valence-electron chi connectivity index (χ1n) is 8.38. The van der Waals surface area contributed by atoms with Crippen LogP contribution in [0, 0.1) is 5.95 Å². The van der Waals surface area contributed by atoms with E-state index in [0.29, 0.717) is 25.0 Å². The minimum atomic E-state index is -1.12. The van der Waals surface area contributed by atoms with Crippen molar-refractivity contribution in [1.82, 2.24) is 9.88 Å². The van der Waals surface area contributed by atoms with Gasteiger partial charge in [-0.1, -0.05) is 18.2 Å². The fourth-order valence-corrected chi connectivity index (χ4v) is 3.20. The van der Waals surface area contributed by atoms with E-state index in [4.69, 9.17) is 4.74 Å². The van der Waals surface area contributed by atoms with Gasteiger partial charge in [0.1, 0.15) is 5.75 Å². The van der Waals surface area contributed by atoms with Crippen LogP contribution in [-0.4, -0.2) is 34.7 Å². The van der Waals surface area contributed by atoms with Crippen molar-refractivity contribution < 1.29 is 14.2 Å². The van der Waals surface area contributed by atoms with Crippen LogP contribution in [0.4, 0.5) is 4.39 Å². The van der Waals surface area contributed by atoms with Gasteiger partial charge in [0.15, 0.2) is 0 Å². The largest absolute Gasteiger partial charge is 0.494 e. The molecule has 0 aliphatic carbocycles. The van der Waals surface area contributed by atoms with Crippen molar-refractivity contribution >= 4 is 0 Å². The van der Waals surface area contributed by atoms with Gasteiger partial charge in [-0.2, -0.15) is 4.39 Å². The summed E-state index contributed by atoms with van der Waals surface area (Å²) in [5, 5.41) is 10.8. The van der Waals surface area contributed by atoms with E-state index < -0.39 is 11.5 Å². The smallest absolute Gasteiger partial charge is 0.218 e. The average Bonchev–Trinajstić information content (AvgIpc) is 2.59. The molecule has 1 aromatic carbocycles. The number of halogens is 1. The molecule has 128 valence electrons. The van der Waals surface area contributed by atoms with E-state index in [9.17, 15) is 9.50 Å². The van der Waals surface area contributed by atoms with Crippen LogP contribution in [0.3, 0.4) is 0 Å². The summed E-state index contributed by atoms with van der Waals surface area (Å²) in [7, 11) is 0. The first-order chi connectivity index (χ1) is 11.6. The summed E-state index contributed by atoms with van der Waals surface area (Å²) in [6.07, 6.45) is 2.42. The van der Waals surface area contributed by atoms with Crippen LogP contribution in [-0.2, 0) is 12.1 Å². The fraction of sp³-hybridized carbons (Fsp3) is 0.421. The Morgan fingerprint density at radius 2 is 1.92 bits per heavy atom. The van der Waals surface area contributed by atoms with Crippen molar-refractivity contribution in [3.63, 3.8) is 0 Å². The molecular formula is C19H23FN2O2. The number of likely N-dealkylation sites (tertiary alicyclic amines) is 1. The Hall–Kier alpha value is -1.98. The van der Waals surface area contributed by atoms with Gasteiger partial charge in [-0.05, 0) is 43.5 Å². The van der Waals surface area contributed by atoms with Crippen molar-refractivity contribution in [2.45, 2.75) is 31.9 Å². The van der Waals surface area contributed by atoms with E-state index in [0.717, 1.165) is 25.4 Å². The lowest BCUT2D eigenvalue weighted by atomic mass is 9.85. The van der Waals surface area contributed by atoms with E-state index in [1.165, 1.54) is 11.8 Å². The van der Waals surface area contributed by atoms with Crippen LogP contribution in [0.25, 0.3) is 0 Å². The van der Waals surface area contributed by atoms with Crippen molar-refractivity contribution in [1.29, 1.82) is 0 Å². The van der Waals surface area contributed by atoms with Gasteiger partial charge in [-0.25, -0.2) is 4.98 Å². The number of nitrogens with zero attached hydrogens (tertiary/aromatic N) is 2. The standard InChI is InChI=1S/C19H23FN2O2/c1-2-24-16-7-5-15(6-8-16)14-22-12-9-19(23,10-13-22)17-4-3-11-21-18(17)20/h3-8,11,23H,2,9-10,12-14H2,1H3. The molecule has 0 amide bonds. The quantitative estimate of drug-likeness (QED) is 0.856. The van der Waals surface area contributed by atoms with Crippen LogP contribution in [0.1, 0.15) is 30.9 Å². The molecule has 2 aromatic rings. The van der Waals surface area contributed by atoms with E-state index in [1.54, 1.807) is 12.1 Å². The number of hydrogen-bond donors (Lipinski definition) is 1. The molecule has 1 aliphatic heterocycles. The van der Waals surface area contributed by atoms with Crippen LogP contribution in [0.15, 0.2) is 42.6 Å². The SMILES string of the molecule is CCOc1ccc(CN2CCC(O)(c3cccnc3F)CC2)cc1. The monoisotopic (exact) mass is 330 g/mol. The van der Waals surface area contributed by atoms with Crippen molar-refractivity contribution in [3.8, 4) is 5.75 Å². The zero-order valence-electron chi connectivity index (χ0n) is 13.9. The summed E-state index contributed by atoms with van der Waals surface area (Å²) in [5.41, 5.74) is 0.399. The Labute approximate surface area is 141 Å². The van der Waals surface area contributed by atoms with Gasteiger partial charge in [-0.3, -0.25) is 4.90 Å². The summed E-state index contributed by atoms with van der Waals surface area (Å²) < 4.78 is 19.3. The van der Waals surface area contributed by atoms with E-state index in [-0.39, 0.29) is 0 Å². The number of aliphatic hydroxyl groups is 1. The Morgan fingerprint density at radius 1 is 1.21 bits per heavy atom. The molecule has 3 rings (SSSR count). The third-order valence-corrected chi connectivity index (χ3v) is 4.58. The number of rotatable bonds is 5. The molecular weight excluding hydrogens is 307 g/mol. The summed E-state index contributed by atoms with van der Waals surface area (Å²) in [6, 6.07) is 11.4.